The fourth-order valence-electron chi connectivity index (χ4n) is 4.27. The van der Waals surface area contributed by atoms with E-state index in [0.717, 1.165) is 5.39 Å². The number of non-ortho nitro benzene ring substituents is 1. The van der Waals surface area contributed by atoms with Crippen LogP contribution in [0.1, 0.15) is 11.1 Å². The van der Waals surface area contributed by atoms with Gasteiger partial charge in [-0.15, -0.1) is 0 Å². The summed E-state index contributed by atoms with van der Waals surface area (Å²) in [4.78, 5) is 28.9. The molecule has 9 nitrogen and oxygen atoms in total. The highest BCUT2D eigenvalue weighted by molar-refractivity contribution is 6.31. The summed E-state index contributed by atoms with van der Waals surface area (Å²) in [5.41, 5.74) is 1.95. The van der Waals surface area contributed by atoms with Crippen LogP contribution in [0.3, 0.4) is 0 Å². The van der Waals surface area contributed by atoms with Crippen LogP contribution in [0.25, 0.3) is 33.5 Å². The number of nitro groups is 1. The zero-order valence-electron chi connectivity index (χ0n) is 20.7. The Hall–Kier alpha value is -5.28. The standard InChI is InChI=1S/C30H19ClN4O5/c31-22-12-13-27-21(15-22)16-28(40-27)29-33-25-10-3-2-9-24(25)30(36)34(29)32-17-20-7-1-4-11-26(20)39-18-19-6-5-8-23(14-19)35(37)38/h1-17H,18H2. The number of ether oxygens (including phenoxy) is 1. The topological polar surface area (TPSA) is 113 Å². The molecule has 0 aliphatic rings. The van der Waals surface area contributed by atoms with Crippen LogP contribution in [0.5, 0.6) is 5.75 Å². The van der Waals surface area contributed by atoms with Crippen LogP contribution in [-0.4, -0.2) is 20.8 Å². The molecule has 0 atom stereocenters. The zero-order chi connectivity index (χ0) is 27.6. The normalized spacial score (nSPS) is 11.4. The van der Waals surface area contributed by atoms with E-state index in [-0.39, 0.29) is 23.7 Å². The summed E-state index contributed by atoms with van der Waals surface area (Å²) in [6.07, 6.45) is 1.50. The number of halogens is 1. The Labute approximate surface area is 231 Å². The predicted molar refractivity (Wildman–Crippen MR) is 153 cm³/mol. The lowest BCUT2D eigenvalue weighted by molar-refractivity contribution is -0.384. The van der Waals surface area contributed by atoms with Gasteiger partial charge in [0.05, 0.1) is 22.0 Å². The summed E-state index contributed by atoms with van der Waals surface area (Å²) in [5, 5.41) is 17.3. The molecule has 2 heterocycles. The molecule has 0 aliphatic heterocycles. The smallest absolute Gasteiger partial charge is 0.282 e. The van der Waals surface area contributed by atoms with Crippen LogP contribution >= 0.6 is 11.6 Å². The van der Waals surface area contributed by atoms with Crippen molar-refractivity contribution in [3.63, 3.8) is 0 Å². The van der Waals surface area contributed by atoms with Gasteiger partial charge in [0, 0.05) is 28.1 Å². The number of benzene rings is 4. The SMILES string of the molecule is O=c1c2ccccc2nc(-c2cc3cc(Cl)ccc3o2)n1N=Cc1ccccc1OCc1cccc([N+](=O)[O-])c1. The minimum absolute atomic E-state index is 0.0143. The van der Waals surface area contributed by atoms with Gasteiger partial charge in [0.15, 0.2) is 5.76 Å². The molecule has 0 saturated heterocycles. The largest absolute Gasteiger partial charge is 0.488 e. The number of para-hydroxylation sites is 2. The summed E-state index contributed by atoms with van der Waals surface area (Å²) in [7, 11) is 0. The van der Waals surface area contributed by atoms with Crippen molar-refractivity contribution in [2.75, 3.05) is 0 Å². The lowest BCUT2D eigenvalue weighted by Gasteiger charge is -2.10. The Kier molecular flexibility index (Phi) is 6.55. The number of hydrogen-bond acceptors (Lipinski definition) is 7. The Balaban J connectivity index is 1.39. The molecule has 4 aromatic carbocycles. The van der Waals surface area contributed by atoms with Crippen molar-refractivity contribution in [1.29, 1.82) is 0 Å². The van der Waals surface area contributed by atoms with Crippen molar-refractivity contribution >= 4 is 45.4 Å². The molecule has 0 amide bonds. The van der Waals surface area contributed by atoms with Gasteiger partial charge in [-0.05, 0) is 54.1 Å². The van der Waals surface area contributed by atoms with Gasteiger partial charge in [-0.2, -0.15) is 9.78 Å². The third-order valence-electron chi connectivity index (χ3n) is 6.20. The average molecular weight is 551 g/mol. The maximum atomic E-state index is 13.6. The van der Waals surface area contributed by atoms with Gasteiger partial charge in [-0.1, -0.05) is 48.0 Å². The van der Waals surface area contributed by atoms with Crippen LogP contribution in [-0.2, 0) is 6.61 Å². The number of aromatic nitrogens is 2. The van der Waals surface area contributed by atoms with E-state index in [0.29, 0.717) is 44.1 Å². The summed E-state index contributed by atoms with van der Waals surface area (Å²) in [6, 6.07) is 27.4. The maximum absolute atomic E-state index is 13.6. The van der Waals surface area contributed by atoms with E-state index in [1.807, 2.05) is 6.07 Å². The lowest BCUT2D eigenvalue weighted by Crippen LogP contribution is -2.20. The van der Waals surface area contributed by atoms with E-state index in [1.54, 1.807) is 78.9 Å². The van der Waals surface area contributed by atoms with E-state index >= 15 is 0 Å². The second kappa shape index (κ2) is 10.5. The van der Waals surface area contributed by atoms with Gasteiger partial charge in [-0.3, -0.25) is 14.9 Å². The predicted octanol–water partition coefficient (Wildman–Crippen LogP) is 6.83. The van der Waals surface area contributed by atoms with Crippen molar-refractivity contribution in [2.24, 2.45) is 5.10 Å². The second-order valence-corrected chi connectivity index (χ2v) is 9.30. The highest BCUT2D eigenvalue weighted by atomic mass is 35.5. The molecule has 0 spiro atoms. The molecular weight excluding hydrogens is 532 g/mol. The van der Waals surface area contributed by atoms with Crippen molar-refractivity contribution in [3.8, 4) is 17.3 Å². The van der Waals surface area contributed by atoms with Gasteiger partial charge in [0.25, 0.3) is 11.2 Å². The molecule has 0 fully saturated rings. The molecule has 196 valence electrons. The Bertz CT molecular complexity index is 2000. The highest BCUT2D eigenvalue weighted by Crippen LogP contribution is 2.29. The van der Waals surface area contributed by atoms with E-state index in [9.17, 15) is 14.9 Å². The number of furan rings is 1. The molecule has 2 aromatic heterocycles. The summed E-state index contributed by atoms with van der Waals surface area (Å²) in [5.74, 6) is 1.06. The van der Waals surface area contributed by atoms with Crippen molar-refractivity contribution in [2.45, 2.75) is 6.61 Å². The van der Waals surface area contributed by atoms with Crippen LogP contribution in [0, 0.1) is 10.1 Å². The second-order valence-electron chi connectivity index (χ2n) is 8.86. The van der Waals surface area contributed by atoms with E-state index in [1.165, 1.54) is 23.0 Å². The van der Waals surface area contributed by atoms with Crippen LogP contribution < -0.4 is 10.3 Å². The number of nitrogens with zero attached hydrogens (tertiary/aromatic N) is 4. The number of hydrogen-bond donors (Lipinski definition) is 0. The molecule has 0 radical (unpaired) electrons. The molecule has 0 bridgehead atoms. The molecular formula is C30H19ClN4O5. The molecule has 0 saturated carbocycles. The minimum Gasteiger partial charge on any atom is -0.488 e. The Morgan fingerprint density at radius 1 is 1.00 bits per heavy atom. The monoisotopic (exact) mass is 550 g/mol. The van der Waals surface area contributed by atoms with E-state index in [2.05, 4.69) is 5.10 Å². The van der Waals surface area contributed by atoms with Crippen molar-refractivity contribution in [1.82, 2.24) is 9.66 Å². The molecule has 0 N–H and O–H groups in total. The van der Waals surface area contributed by atoms with Crippen molar-refractivity contribution < 1.29 is 14.1 Å². The first-order valence-corrected chi connectivity index (χ1v) is 12.5. The fourth-order valence-corrected chi connectivity index (χ4v) is 4.45. The van der Waals surface area contributed by atoms with Crippen LogP contribution in [0.15, 0.2) is 111 Å². The summed E-state index contributed by atoms with van der Waals surface area (Å²) < 4.78 is 13.2. The van der Waals surface area contributed by atoms with Crippen LogP contribution in [0.4, 0.5) is 5.69 Å². The van der Waals surface area contributed by atoms with Crippen LogP contribution in [0.2, 0.25) is 5.02 Å². The Morgan fingerprint density at radius 3 is 2.70 bits per heavy atom. The van der Waals surface area contributed by atoms with Gasteiger partial charge in [-0.25, -0.2) is 4.98 Å². The number of nitro benzene ring substituents is 1. The molecule has 10 heteroatoms. The zero-order valence-corrected chi connectivity index (χ0v) is 21.5. The third kappa shape index (κ3) is 4.93. The van der Waals surface area contributed by atoms with Gasteiger partial charge in [0.2, 0.25) is 5.82 Å². The maximum Gasteiger partial charge on any atom is 0.282 e. The van der Waals surface area contributed by atoms with Crippen molar-refractivity contribution in [3.05, 3.63) is 134 Å². The molecule has 6 rings (SSSR count). The van der Waals surface area contributed by atoms with E-state index < -0.39 is 4.92 Å². The minimum atomic E-state index is -0.451. The molecule has 0 unspecified atom stereocenters. The third-order valence-corrected chi connectivity index (χ3v) is 6.43. The summed E-state index contributed by atoms with van der Waals surface area (Å²) in [6.45, 7) is 0.108. The van der Waals surface area contributed by atoms with Gasteiger partial charge in [0.1, 0.15) is 17.9 Å². The number of fused-ring (bicyclic) bond motifs is 2. The van der Waals surface area contributed by atoms with Gasteiger partial charge < -0.3 is 9.15 Å². The average Bonchev–Trinajstić information content (AvgIpc) is 3.39. The van der Waals surface area contributed by atoms with E-state index in [4.69, 9.17) is 25.7 Å². The molecule has 0 aliphatic carbocycles. The highest BCUT2D eigenvalue weighted by Gasteiger charge is 2.17. The quantitative estimate of drug-likeness (QED) is 0.122. The first-order valence-electron chi connectivity index (χ1n) is 12.2. The first kappa shape index (κ1) is 25.0. The molecule has 6 aromatic rings. The number of rotatable bonds is 7. The first-order chi connectivity index (χ1) is 19.5. The van der Waals surface area contributed by atoms with Gasteiger partial charge >= 0.3 is 0 Å². The lowest BCUT2D eigenvalue weighted by atomic mass is 10.2. The Morgan fingerprint density at radius 2 is 1.82 bits per heavy atom. The summed E-state index contributed by atoms with van der Waals surface area (Å²) >= 11 is 6.15. The fraction of sp³-hybridized carbons (Fsp3) is 0.0333. The molecule has 40 heavy (non-hydrogen) atoms.